The number of benzene rings is 1. The minimum atomic E-state index is -0.183. The molecule has 0 aliphatic heterocycles. The van der Waals surface area contributed by atoms with Crippen molar-refractivity contribution >= 4 is 23.0 Å². The molecule has 0 aliphatic rings. The molecule has 6 heteroatoms. The standard InChI is InChI=1S/C18H24N4O2/c1-22(2)16-7-5-14(6-8-16)21-15-9-11-19-17(13-15)18(23)20-10-4-12-24-3/h5-9,11,13H,4,10,12H2,1-3H3,(H,19,21)(H,20,23). The Morgan fingerprint density at radius 3 is 2.58 bits per heavy atom. The molecule has 6 nitrogen and oxygen atoms in total. The molecular weight excluding hydrogens is 304 g/mol. The van der Waals surface area contributed by atoms with E-state index in [0.717, 1.165) is 23.5 Å². The van der Waals surface area contributed by atoms with Gasteiger partial charge in [-0.2, -0.15) is 0 Å². The molecular formula is C18H24N4O2. The Hall–Kier alpha value is -2.60. The number of pyridine rings is 1. The molecule has 2 aromatic rings. The molecule has 0 radical (unpaired) electrons. The number of ether oxygens (including phenoxy) is 1. The molecule has 0 saturated heterocycles. The van der Waals surface area contributed by atoms with E-state index in [1.54, 1.807) is 19.4 Å². The van der Waals surface area contributed by atoms with E-state index in [4.69, 9.17) is 4.74 Å². The van der Waals surface area contributed by atoms with Gasteiger partial charge in [0.2, 0.25) is 0 Å². The first-order chi connectivity index (χ1) is 11.6. The maximum atomic E-state index is 12.1. The second-order valence-corrected chi connectivity index (χ2v) is 5.60. The summed E-state index contributed by atoms with van der Waals surface area (Å²) in [6, 6.07) is 11.6. The van der Waals surface area contributed by atoms with E-state index in [2.05, 4.69) is 15.6 Å². The largest absolute Gasteiger partial charge is 0.385 e. The van der Waals surface area contributed by atoms with Gasteiger partial charge in [-0.05, 0) is 42.8 Å². The summed E-state index contributed by atoms with van der Waals surface area (Å²) in [5, 5.41) is 6.11. The normalized spacial score (nSPS) is 10.3. The summed E-state index contributed by atoms with van der Waals surface area (Å²) in [6.45, 7) is 1.19. The predicted octanol–water partition coefficient (Wildman–Crippen LogP) is 2.66. The molecule has 2 N–H and O–H groups in total. The number of anilines is 3. The minimum absolute atomic E-state index is 0.183. The molecule has 0 bridgehead atoms. The molecule has 24 heavy (non-hydrogen) atoms. The summed E-state index contributed by atoms with van der Waals surface area (Å²) < 4.78 is 4.96. The number of rotatable bonds is 8. The van der Waals surface area contributed by atoms with Crippen LogP contribution in [0.3, 0.4) is 0 Å². The fraction of sp³-hybridized carbons (Fsp3) is 0.333. The summed E-state index contributed by atoms with van der Waals surface area (Å²) >= 11 is 0. The molecule has 0 atom stereocenters. The Labute approximate surface area is 142 Å². The number of hydrogen-bond acceptors (Lipinski definition) is 5. The zero-order valence-electron chi connectivity index (χ0n) is 14.4. The van der Waals surface area contributed by atoms with Crippen molar-refractivity contribution in [3.63, 3.8) is 0 Å². The first-order valence-electron chi connectivity index (χ1n) is 7.88. The van der Waals surface area contributed by atoms with E-state index in [1.165, 1.54) is 0 Å². The molecule has 0 spiro atoms. The maximum absolute atomic E-state index is 12.1. The van der Waals surface area contributed by atoms with Gasteiger partial charge < -0.3 is 20.3 Å². The molecule has 0 saturated carbocycles. The van der Waals surface area contributed by atoms with Crippen molar-refractivity contribution < 1.29 is 9.53 Å². The second-order valence-electron chi connectivity index (χ2n) is 5.60. The summed E-state index contributed by atoms with van der Waals surface area (Å²) in [6.07, 6.45) is 2.40. The molecule has 0 aliphatic carbocycles. The van der Waals surface area contributed by atoms with Crippen molar-refractivity contribution in [1.82, 2.24) is 10.3 Å². The van der Waals surface area contributed by atoms with Crippen LogP contribution in [0.2, 0.25) is 0 Å². The van der Waals surface area contributed by atoms with Gasteiger partial charge in [0.15, 0.2) is 0 Å². The molecule has 0 unspecified atom stereocenters. The third kappa shape index (κ3) is 5.24. The highest BCUT2D eigenvalue weighted by molar-refractivity contribution is 5.93. The van der Waals surface area contributed by atoms with E-state index in [9.17, 15) is 4.79 Å². The van der Waals surface area contributed by atoms with Gasteiger partial charge in [-0.3, -0.25) is 9.78 Å². The quantitative estimate of drug-likeness (QED) is 0.729. The second kappa shape index (κ2) is 8.88. The third-order valence-corrected chi connectivity index (χ3v) is 3.48. The van der Waals surface area contributed by atoms with Gasteiger partial charge in [0, 0.05) is 57.6 Å². The van der Waals surface area contributed by atoms with Crippen molar-refractivity contribution in [1.29, 1.82) is 0 Å². The summed E-state index contributed by atoms with van der Waals surface area (Å²) in [7, 11) is 5.65. The van der Waals surface area contributed by atoms with E-state index in [-0.39, 0.29) is 5.91 Å². The maximum Gasteiger partial charge on any atom is 0.269 e. The average molecular weight is 328 g/mol. The molecule has 1 amide bonds. The van der Waals surface area contributed by atoms with Crippen LogP contribution in [0, 0.1) is 0 Å². The third-order valence-electron chi connectivity index (χ3n) is 3.48. The fourth-order valence-corrected chi connectivity index (χ4v) is 2.15. The van der Waals surface area contributed by atoms with Crippen molar-refractivity contribution in [3.8, 4) is 0 Å². The van der Waals surface area contributed by atoms with Crippen LogP contribution in [0.4, 0.5) is 17.1 Å². The molecule has 1 aromatic carbocycles. The Morgan fingerprint density at radius 1 is 1.17 bits per heavy atom. The summed E-state index contributed by atoms with van der Waals surface area (Å²) in [5.41, 5.74) is 3.30. The highest BCUT2D eigenvalue weighted by Gasteiger charge is 2.07. The number of amides is 1. The SMILES string of the molecule is COCCCNC(=O)c1cc(Nc2ccc(N(C)C)cc2)ccn1. The smallest absolute Gasteiger partial charge is 0.269 e. The molecule has 0 fully saturated rings. The lowest BCUT2D eigenvalue weighted by Gasteiger charge is -2.13. The molecule has 2 rings (SSSR count). The van der Waals surface area contributed by atoms with Crippen LogP contribution in [0.5, 0.6) is 0 Å². The van der Waals surface area contributed by atoms with Crippen LogP contribution >= 0.6 is 0 Å². The van der Waals surface area contributed by atoms with Crippen molar-refractivity contribution in [2.75, 3.05) is 44.6 Å². The van der Waals surface area contributed by atoms with Crippen molar-refractivity contribution in [2.45, 2.75) is 6.42 Å². The Morgan fingerprint density at radius 2 is 1.92 bits per heavy atom. The Kier molecular flexibility index (Phi) is 6.57. The van der Waals surface area contributed by atoms with E-state index >= 15 is 0 Å². The lowest BCUT2D eigenvalue weighted by molar-refractivity contribution is 0.0943. The highest BCUT2D eigenvalue weighted by atomic mass is 16.5. The highest BCUT2D eigenvalue weighted by Crippen LogP contribution is 2.20. The Bertz CT molecular complexity index is 656. The van der Waals surface area contributed by atoms with Crippen LogP contribution in [-0.4, -0.2) is 45.2 Å². The minimum Gasteiger partial charge on any atom is -0.385 e. The lowest BCUT2D eigenvalue weighted by Crippen LogP contribution is -2.26. The first-order valence-corrected chi connectivity index (χ1v) is 7.88. The number of aromatic nitrogens is 1. The van der Waals surface area contributed by atoms with Crippen LogP contribution < -0.4 is 15.5 Å². The van der Waals surface area contributed by atoms with E-state index in [1.807, 2.05) is 49.3 Å². The number of hydrogen-bond donors (Lipinski definition) is 2. The summed E-state index contributed by atoms with van der Waals surface area (Å²) in [4.78, 5) is 18.3. The van der Waals surface area contributed by atoms with Gasteiger partial charge in [0.25, 0.3) is 5.91 Å². The topological polar surface area (TPSA) is 66.5 Å². The predicted molar refractivity (Wildman–Crippen MR) is 97.1 cm³/mol. The lowest BCUT2D eigenvalue weighted by atomic mass is 10.2. The monoisotopic (exact) mass is 328 g/mol. The Balaban J connectivity index is 1.98. The van der Waals surface area contributed by atoms with Crippen LogP contribution in [0.1, 0.15) is 16.9 Å². The zero-order valence-corrected chi connectivity index (χ0v) is 14.4. The number of nitrogens with zero attached hydrogens (tertiary/aromatic N) is 2. The molecule has 1 aromatic heterocycles. The van der Waals surface area contributed by atoms with Crippen LogP contribution in [-0.2, 0) is 4.74 Å². The van der Waals surface area contributed by atoms with Gasteiger partial charge in [-0.1, -0.05) is 0 Å². The van der Waals surface area contributed by atoms with Crippen molar-refractivity contribution in [3.05, 3.63) is 48.3 Å². The number of methoxy groups -OCH3 is 1. The fourth-order valence-electron chi connectivity index (χ4n) is 2.15. The van der Waals surface area contributed by atoms with Crippen molar-refractivity contribution in [2.24, 2.45) is 0 Å². The average Bonchev–Trinajstić information content (AvgIpc) is 2.59. The van der Waals surface area contributed by atoms with E-state index < -0.39 is 0 Å². The molecule has 128 valence electrons. The van der Waals surface area contributed by atoms with Gasteiger partial charge >= 0.3 is 0 Å². The number of carbonyl (C=O) groups is 1. The zero-order chi connectivity index (χ0) is 17.4. The van der Waals surface area contributed by atoms with E-state index in [0.29, 0.717) is 18.8 Å². The first kappa shape index (κ1) is 17.7. The number of carbonyl (C=O) groups excluding carboxylic acids is 1. The van der Waals surface area contributed by atoms with Crippen LogP contribution in [0.15, 0.2) is 42.6 Å². The number of nitrogens with one attached hydrogen (secondary N) is 2. The van der Waals surface area contributed by atoms with Gasteiger partial charge in [-0.15, -0.1) is 0 Å². The van der Waals surface area contributed by atoms with Gasteiger partial charge in [0.05, 0.1) is 0 Å². The van der Waals surface area contributed by atoms with Gasteiger partial charge in [0.1, 0.15) is 5.69 Å². The molecule has 1 heterocycles. The van der Waals surface area contributed by atoms with Gasteiger partial charge in [-0.25, -0.2) is 0 Å². The summed E-state index contributed by atoms with van der Waals surface area (Å²) in [5.74, 6) is -0.183. The van der Waals surface area contributed by atoms with Crippen LogP contribution in [0.25, 0.3) is 0 Å².